The number of amides is 1. The molecule has 0 aromatic heterocycles. The van der Waals surface area contributed by atoms with Gasteiger partial charge in [0.1, 0.15) is 0 Å². The number of halogens is 1. The molecule has 160 valence electrons. The van der Waals surface area contributed by atoms with E-state index in [1.54, 1.807) is 24.3 Å². The van der Waals surface area contributed by atoms with E-state index in [4.69, 9.17) is 11.6 Å². The van der Waals surface area contributed by atoms with Crippen LogP contribution in [0.2, 0.25) is 0 Å². The van der Waals surface area contributed by atoms with Crippen molar-refractivity contribution in [1.29, 1.82) is 0 Å². The number of fused-ring (bicyclic) bond motifs is 1. The molecule has 2 saturated heterocycles. The van der Waals surface area contributed by atoms with Crippen molar-refractivity contribution in [1.82, 2.24) is 16.0 Å². The number of carbonyl (C=O) groups excluding carboxylic acids is 1. The molecule has 8 heteroatoms. The largest absolute Gasteiger partial charge is 0.351 e. The Hall–Kier alpha value is -1.15. The van der Waals surface area contributed by atoms with Crippen molar-refractivity contribution in [3.63, 3.8) is 0 Å². The van der Waals surface area contributed by atoms with Crippen LogP contribution in [0.3, 0.4) is 0 Å². The number of alkyl halides is 1. The number of piperidine rings is 1. The monoisotopic (exact) mass is 439 g/mol. The Balaban J connectivity index is 1.32. The maximum Gasteiger partial charge on any atom is 0.237 e. The highest BCUT2D eigenvalue weighted by Crippen LogP contribution is 2.31. The molecule has 2 heterocycles. The predicted octanol–water partition coefficient (Wildman–Crippen LogP) is 1.97. The first-order valence-corrected chi connectivity index (χ1v) is 12.6. The molecule has 0 bridgehead atoms. The predicted molar refractivity (Wildman–Crippen MR) is 114 cm³/mol. The summed E-state index contributed by atoms with van der Waals surface area (Å²) in [5, 5.41) is 9.39. The Morgan fingerprint density at radius 1 is 1.14 bits per heavy atom. The minimum Gasteiger partial charge on any atom is -0.351 e. The average Bonchev–Trinajstić information content (AvgIpc) is 3.17. The molecular formula is C21H30ClN3O3S. The first kappa shape index (κ1) is 21.1. The molecule has 1 aromatic carbocycles. The third-order valence-corrected chi connectivity index (χ3v) is 9.23. The van der Waals surface area contributed by atoms with Gasteiger partial charge in [0, 0.05) is 18.0 Å². The topological polar surface area (TPSA) is 87.3 Å². The van der Waals surface area contributed by atoms with Gasteiger partial charge in [0.25, 0.3) is 0 Å². The molecular weight excluding hydrogens is 410 g/mol. The van der Waals surface area contributed by atoms with E-state index in [1.165, 1.54) is 0 Å². The molecule has 29 heavy (non-hydrogen) atoms. The number of sulfone groups is 1. The van der Waals surface area contributed by atoms with E-state index < -0.39 is 15.1 Å². The summed E-state index contributed by atoms with van der Waals surface area (Å²) in [7, 11) is -3.36. The van der Waals surface area contributed by atoms with Crippen molar-refractivity contribution in [2.75, 3.05) is 13.1 Å². The quantitative estimate of drug-likeness (QED) is 0.610. The number of benzene rings is 1. The van der Waals surface area contributed by atoms with Crippen molar-refractivity contribution >= 4 is 27.3 Å². The van der Waals surface area contributed by atoms with E-state index in [0.29, 0.717) is 36.2 Å². The van der Waals surface area contributed by atoms with Gasteiger partial charge in [-0.15, -0.1) is 11.6 Å². The molecule has 5 atom stereocenters. The van der Waals surface area contributed by atoms with Crippen molar-refractivity contribution in [3.05, 3.63) is 29.8 Å². The second-order valence-corrected chi connectivity index (χ2v) is 11.5. The second kappa shape index (κ2) is 8.92. The number of hydrogen-bond donors (Lipinski definition) is 3. The highest BCUT2D eigenvalue weighted by atomic mass is 35.5. The second-order valence-electron chi connectivity index (χ2n) is 8.61. The minimum absolute atomic E-state index is 0.0199. The summed E-state index contributed by atoms with van der Waals surface area (Å²) in [6.07, 6.45) is 4.87. The first-order chi connectivity index (χ1) is 13.9. The summed E-state index contributed by atoms with van der Waals surface area (Å²) < 4.78 is 25.7. The molecule has 0 radical (unpaired) electrons. The van der Waals surface area contributed by atoms with Crippen molar-refractivity contribution in [3.8, 4) is 0 Å². The fraction of sp³-hybridized carbons (Fsp3) is 0.667. The van der Waals surface area contributed by atoms with Gasteiger partial charge in [0.2, 0.25) is 5.91 Å². The van der Waals surface area contributed by atoms with Crippen LogP contribution in [0.4, 0.5) is 0 Å². The summed E-state index contributed by atoms with van der Waals surface area (Å²) in [4.78, 5) is 12.9. The van der Waals surface area contributed by atoms with E-state index >= 15 is 0 Å². The lowest BCUT2D eigenvalue weighted by Crippen LogP contribution is -2.45. The summed E-state index contributed by atoms with van der Waals surface area (Å²) in [6.45, 7) is 2.38. The van der Waals surface area contributed by atoms with Crippen molar-refractivity contribution in [2.24, 2.45) is 5.92 Å². The lowest BCUT2D eigenvalue weighted by Gasteiger charge is -2.25. The van der Waals surface area contributed by atoms with E-state index in [1.807, 2.05) is 0 Å². The van der Waals surface area contributed by atoms with Gasteiger partial charge in [-0.2, -0.15) is 0 Å². The molecule has 3 N–H and O–H groups in total. The Bertz CT molecular complexity index is 816. The van der Waals surface area contributed by atoms with Crippen LogP contribution in [0.25, 0.3) is 0 Å². The van der Waals surface area contributed by atoms with Gasteiger partial charge in [-0.05, 0) is 68.8 Å². The average molecular weight is 440 g/mol. The van der Waals surface area contributed by atoms with Crippen LogP contribution in [-0.4, -0.2) is 50.1 Å². The van der Waals surface area contributed by atoms with Crippen LogP contribution in [-0.2, 0) is 21.2 Å². The van der Waals surface area contributed by atoms with Crippen LogP contribution in [0, 0.1) is 5.92 Å². The van der Waals surface area contributed by atoms with E-state index in [0.717, 1.165) is 44.3 Å². The van der Waals surface area contributed by atoms with Crippen LogP contribution in [0.5, 0.6) is 0 Å². The van der Waals surface area contributed by atoms with Crippen molar-refractivity contribution in [2.45, 2.75) is 72.7 Å². The van der Waals surface area contributed by atoms with Gasteiger partial charge >= 0.3 is 0 Å². The fourth-order valence-electron chi connectivity index (χ4n) is 4.87. The summed E-state index contributed by atoms with van der Waals surface area (Å²) in [5.74, 6) is 0.544. The van der Waals surface area contributed by atoms with Gasteiger partial charge in [-0.25, -0.2) is 8.42 Å². The lowest BCUT2D eigenvalue weighted by molar-refractivity contribution is -0.123. The van der Waals surface area contributed by atoms with Crippen LogP contribution in [0.15, 0.2) is 29.2 Å². The van der Waals surface area contributed by atoms with E-state index in [2.05, 4.69) is 16.0 Å². The molecule has 6 nitrogen and oxygen atoms in total. The zero-order valence-corrected chi connectivity index (χ0v) is 18.1. The summed E-state index contributed by atoms with van der Waals surface area (Å²) >= 11 is 6.18. The molecule has 2 aliphatic heterocycles. The standard InChI is InChI=1S/C21H30ClN3O3S/c22-16-2-1-3-18(11-16)29(27,28)17-6-4-14(5-7-17)12-24-21(26)20-10-15-13-23-9-8-19(15)25-20/h4-7,15-16,18-20,23,25H,1-3,8-13H2,(H,24,26). The Kier molecular flexibility index (Phi) is 6.49. The third-order valence-electron chi connectivity index (χ3n) is 6.60. The lowest BCUT2D eigenvalue weighted by atomic mass is 9.94. The number of hydrogen-bond acceptors (Lipinski definition) is 5. The summed E-state index contributed by atoms with van der Waals surface area (Å²) in [5.41, 5.74) is 0.897. The highest BCUT2D eigenvalue weighted by Gasteiger charge is 2.38. The number of nitrogens with one attached hydrogen (secondary N) is 3. The molecule has 1 aromatic rings. The number of carbonyl (C=O) groups is 1. The van der Waals surface area contributed by atoms with Gasteiger partial charge < -0.3 is 16.0 Å². The Labute approximate surface area is 178 Å². The first-order valence-electron chi connectivity index (χ1n) is 10.6. The SMILES string of the molecule is O=C(NCc1ccc(S(=O)(=O)C2CCCC(Cl)C2)cc1)C1CC2CNCCC2N1. The fourth-order valence-corrected chi connectivity index (χ4v) is 7.21. The highest BCUT2D eigenvalue weighted by molar-refractivity contribution is 7.92. The smallest absolute Gasteiger partial charge is 0.237 e. The normalized spacial score (nSPS) is 32.5. The van der Waals surface area contributed by atoms with Gasteiger partial charge in [0.15, 0.2) is 9.84 Å². The van der Waals surface area contributed by atoms with Crippen LogP contribution < -0.4 is 16.0 Å². The molecule has 1 amide bonds. The molecule has 4 rings (SSSR count). The molecule has 1 saturated carbocycles. The molecule has 3 fully saturated rings. The summed E-state index contributed by atoms with van der Waals surface area (Å²) in [6, 6.07) is 7.19. The van der Waals surface area contributed by atoms with E-state index in [9.17, 15) is 13.2 Å². The molecule has 1 aliphatic carbocycles. The Morgan fingerprint density at radius 3 is 2.66 bits per heavy atom. The van der Waals surface area contributed by atoms with Crippen LogP contribution in [0.1, 0.15) is 44.1 Å². The molecule has 3 aliphatic rings. The van der Waals surface area contributed by atoms with Gasteiger partial charge in [0.05, 0.1) is 16.2 Å². The minimum atomic E-state index is -3.36. The zero-order valence-electron chi connectivity index (χ0n) is 16.6. The third kappa shape index (κ3) is 4.79. The molecule has 0 spiro atoms. The van der Waals surface area contributed by atoms with Crippen molar-refractivity contribution < 1.29 is 13.2 Å². The zero-order chi connectivity index (χ0) is 20.4. The van der Waals surface area contributed by atoms with Gasteiger partial charge in [-0.1, -0.05) is 18.6 Å². The Morgan fingerprint density at radius 2 is 1.93 bits per heavy atom. The molecule has 5 unspecified atom stereocenters. The van der Waals surface area contributed by atoms with Gasteiger partial charge in [-0.3, -0.25) is 4.79 Å². The number of rotatable bonds is 5. The van der Waals surface area contributed by atoms with E-state index in [-0.39, 0.29) is 17.3 Å². The maximum absolute atomic E-state index is 12.9. The van der Waals surface area contributed by atoms with Crippen LogP contribution >= 0.6 is 11.6 Å². The maximum atomic E-state index is 12.9.